The van der Waals surface area contributed by atoms with Crippen LogP contribution in [-0.2, 0) is 19.4 Å². The lowest BCUT2D eigenvalue weighted by Gasteiger charge is -2.21. The molecule has 0 saturated heterocycles. The zero-order chi connectivity index (χ0) is 12.4. The van der Waals surface area contributed by atoms with Crippen molar-refractivity contribution in [2.45, 2.75) is 64.3 Å². The molecule has 0 atom stereocenters. The zero-order valence-electron chi connectivity index (χ0n) is 11.3. The lowest BCUT2D eigenvalue weighted by atomic mass is 10.0. The number of hydrogen-bond donors (Lipinski definition) is 1. The molecule has 98 valence electrons. The van der Waals surface area contributed by atoms with Crippen molar-refractivity contribution in [3.8, 4) is 0 Å². The second-order valence-electron chi connectivity index (χ2n) is 5.61. The van der Waals surface area contributed by atoms with Gasteiger partial charge in [-0.05, 0) is 19.3 Å². The molecule has 1 aromatic rings. The molecule has 0 spiro atoms. The van der Waals surface area contributed by atoms with Gasteiger partial charge in [-0.2, -0.15) is 0 Å². The highest BCUT2D eigenvalue weighted by Gasteiger charge is 2.23. The number of nitrogens with zero attached hydrogens (tertiary/aromatic N) is 2. The minimum Gasteiger partial charge on any atom is -0.312 e. The van der Waals surface area contributed by atoms with Crippen LogP contribution >= 0.6 is 0 Å². The Kier molecular flexibility index (Phi) is 3.59. The van der Waals surface area contributed by atoms with Crippen LogP contribution in [0.2, 0.25) is 0 Å². The van der Waals surface area contributed by atoms with E-state index in [1.165, 1.54) is 49.1 Å². The van der Waals surface area contributed by atoms with E-state index in [2.05, 4.69) is 12.2 Å². The predicted octanol–water partition coefficient (Wildman–Crippen LogP) is 2.73. The molecule has 0 bridgehead atoms. The molecule has 2 heterocycles. The molecule has 1 aliphatic carbocycles. The molecule has 1 aromatic heterocycles. The van der Waals surface area contributed by atoms with Gasteiger partial charge in [-0.15, -0.1) is 0 Å². The highest BCUT2D eigenvalue weighted by molar-refractivity contribution is 5.29. The standard InChI is InChI=1S/C15H23N3/c1-2-5-13-12-10-16-9-8-14(12)18-15(17-13)11-6-3-4-7-11/h11,16H,2-10H2,1H3. The normalized spacial score (nSPS) is 20.1. The number of fused-ring (bicyclic) bond motifs is 1. The van der Waals surface area contributed by atoms with Crippen LogP contribution in [0.4, 0.5) is 0 Å². The maximum atomic E-state index is 4.91. The Bertz CT molecular complexity index is 422. The summed E-state index contributed by atoms with van der Waals surface area (Å²) >= 11 is 0. The number of rotatable bonds is 3. The number of aromatic nitrogens is 2. The van der Waals surface area contributed by atoms with Gasteiger partial charge < -0.3 is 5.32 Å². The molecule has 0 unspecified atom stereocenters. The Hall–Kier alpha value is -0.960. The highest BCUT2D eigenvalue weighted by atomic mass is 15.0. The van der Waals surface area contributed by atoms with Gasteiger partial charge in [0.25, 0.3) is 0 Å². The molecule has 1 aliphatic heterocycles. The molecule has 0 aromatic carbocycles. The molecule has 3 heteroatoms. The van der Waals surface area contributed by atoms with Crippen LogP contribution in [0.1, 0.15) is 67.7 Å². The fourth-order valence-corrected chi connectivity index (χ4v) is 3.24. The predicted molar refractivity (Wildman–Crippen MR) is 72.6 cm³/mol. The first-order valence-corrected chi connectivity index (χ1v) is 7.47. The molecule has 1 N–H and O–H groups in total. The third kappa shape index (κ3) is 2.28. The summed E-state index contributed by atoms with van der Waals surface area (Å²) in [4.78, 5) is 9.79. The summed E-state index contributed by atoms with van der Waals surface area (Å²) in [6.07, 6.45) is 8.66. The number of nitrogens with one attached hydrogen (secondary N) is 1. The van der Waals surface area contributed by atoms with Gasteiger partial charge in [-0.25, -0.2) is 9.97 Å². The molecule has 1 fully saturated rings. The van der Waals surface area contributed by atoms with Crippen molar-refractivity contribution >= 4 is 0 Å². The van der Waals surface area contributed by atoms with E-state index in [9.17, 15) is 0 Å². The Morgan fingerprint density at radius 1 is 1.22 bits per heavy atom. The Morgan fingerprint density at radius 3 is 2.83 bits per heavy atom. The van der Waals surface area contributed by atoms with Crippen LogP contribution in [0, 0.1) is 0 Å². The average Bonchev–Trinajstić information content (AvgIpc) is 2.93. The second-order valence-corrected chi connectivity index (χ2v) is 5.61. The quantitative estimate of drug-likeness (QED) is 0.889. The molecule has 2 aliphatic rings. The van der Waals surface area contributed by atoms with Gasteiger partial charge in [0.05, 0.1) is 5.69 Å². The van der Waals surface area contributed by atoms with E-state index in [0.29, 0.717) is 5.92 Å². The van der Waals surface area contributed by atoms with Crippen molar-refractivity contribution in [3.63, 3.8) is 0 Å². The van der Waals surface area contributed by atoms with Crippen LogP contribution in [-0.4, -0.2) is 16.5 Å². The van der Waals surface area contributed by atoms with Crippen molar-refractivity contribution in [1.82, 2.24) is 15.3 Å². The first-order chi connectivity index (χ1) is 8.88. The molecule has 3 nitrogen and oxygen atoms in total. The third-order valence-electron chi connectivity index (χ3n) is 4.24. The smallest absolute Gasteiger partial charge is 0.131 e. The molecule has 1 saturated carbocycles. The van der Waals surface area contributed by atoms with Gasteiger partial charge in [-0.3, -0.25) is 0 Å². The van der Waals surface area contributed by atoms with Crippen LogP contribution < -0.4 is 5.32 Å². The molecular weight excluding hydrogens is 222 g/mol. The maximum absolute atomic E-state index is 4.91. The van der Waals surface area contributed by atoms with E-state index in [-0.39, 0.29) is 0 Å². The molecule has 0 radical (unpaired) electrons. The maximum Gasteiger partial charge on any atom is 0.131 e. The largest absolute Gasteiger partial charge is 0.312 e. The van der Waals surface area contributed by atoms with E-state index in [4.69, 9.17) is 9.97 Å². The molecular formula is C15H23N3. The second kappa shape index (κ2) is 5.35. The first kappa shape index (κ1) is 12.1. The van der Waals surface area contributed by atoms with Crippen LogP contribution in [0.5, 0.6) is 0 Å². The van der Waals surface area contributed by atoms with Gasteiger partial charge in [0.15, 0.2) is 0 Å². The highest BCUT2D eigenvalue weighted by Crippen LogP contribution is 2.33. The van der Waals surface area contributed by atoms with Gasteiger partial charge in [-0.1, -0.05) is 26.2 Å². The SMILES string of the molecule is CCCc1nc(C2CCCC2)nc2c1CNCC2. The zero-order valence-corrected chi connectivity index (χ0v) is 11.3. The van der Waals surface area contributed by atoms with Gasteiger partial charge in [0.2, 0.25) is 0 Å². The number of aryl methyl sites for hydroxylation is 1. The fraction of sp³-hybridized carbons (Fsp3) is 0.733. The minimum absolute atomic E-state index is 0.640. The van der Waals surface area contributed by atoms with Crippen LogP contribution in [0.15, 0.2) is 0 Å². The molecule has 0 amide bonds. The first-order valence-electron chi connectivity index (χ1n) is 7.47. The third-order valence-corrected chi connectivity index (χ3v) is 4.24. The Balaban J connectivity index is 1.97. The van der Waals surface area contributed by atoms with E-state index < -0.39 is 0 Å². The summed E-state index contributed by atoms with van der Waals surface area (Å²) in [7, 11) is 0. The van der Waals surface area contributed by atoms with Gasteiger partial charge >= 0.3 is 0 Å². The summed E-state index contributed by atoms with van der Waals surface area (Å²) in [5.74, 6) is 1.79. The summed E-state index contributed by atoms with van der Waals surface area (Å²) in [5.41, 5.74) is 4.04. The lowest BCUT2D eigenvalue weighted by molar-refractivity contribution is 0.586. The van der Waals surface area contributed by atoms with Gasteiger partial charge in [0, 0.05) is 36.7 Å². The lowest BCUT2D eigenvalue weighted by Crippen LogP contribution is -2.27. The van der Waals surface area contributed by atoms with Crippen LogP contribution in [0.3, 0.4) is 0 Å². The van der Waals surface area contributed by atoms with Crippen molar-refractivity contribution in [3.05, 3.63) is 22.8 Å². The van der Waals surface area contributed by atoms with Gasteiger partial charge in [0.1, 0.15) is 5.82 Å². The van der Waals surface area contributed by atoms with E-state index >= 15 is 0 Å². The van der Waals surface area contributed by atoms with Crippen molar-refractivity contribution < 1.29 is 0 Å². The summed E-state index contributed by atoms with van der Waals surface area (Å²) in [6, 6.07) is 0. The fourth-order valence-electron chi connectivity index (χ4n) is 3.24. The summed E-state index contributed by atoms with van der Waals surface area (Å²) in [6.45, 7) is 4.27. The average molecular weight is 245 g/mol. The van der Waals surface area contributed by atoms with E-state index in [0.717, 1.165) is 31.8 Å². The Morgan fingerprint density at radius 2 is 2.06 bits per heavy atom. The van der Waals surface area contributed by atoms with Crippen molar-refractivity contribution in [1.29, 1.82) is 0 Å². The van der Waals surface area contributed by atoms with E-state index in [1.54, 1.807) is 0 Å². The topological polar surface area (TPSA) is 37.8 Å². The summed E-state index contributed by atoms with van der Waals surface area (Å²) in [5, 5.41) is 3.45. The summed E-state index contributed by atoms with van der Waals surface area (Å²) < 4.78 is 0. The monoisotopic (exact) mass is 245 g/mol. The molecule has 3 rings (SSSR count). The molecule has 18 heavy (non-hydrogen) atoms. The van der Waals surface area contributed by atoms with E-state index in [1.807, 2.05) is 0 Å². The van der Waals surface area contributed by atoms with Crippen LogP contribution in [0.25, 0.3) is 0 Å². The van der Waals surface area contributed by atoms with Crippen molar-refractivity contribution in [2.24, 2.45) is 0 Å². The van der Waals surface area contributed by atoms with Crippen molar-refractivity contribution in [2.75, 3.05) is 6.54 Å². The number of hydrogen-bond acceptors (Lipinski definition) is 3. The minimum atomic E-state index is 0.640. The Labute approximate surface area is 109 Å².